The van der Waals surface area contributed by atoms with Crippen LogP contribution in [-0.2, 0) is 9.47 Å². The molecule has 0 atom stereocenters. The summed E-state index contributed by atoms with van der Waals surface area (Å²) in [5.74, 6) is 0. The molecule has 3 heteroatoms. The molecule has 13 heavy (non-hydrogen) atoms. The van der Waals surface area contributed by atoms with Gasteiger partial charge in [-0.25, -0.2) is 0 Å². The van der Waals surface area contributed by atoms with E-state index >= 15 is 0 Å². The zero-order valence-corrected chi connectivity index (χ0v) is 7.27. The van der Waals surface area contributed by atoms with E-state index in [1.165, 1.54) is 0 Å². The molecule has 0 aromatic heterocycles. The highest BCUT2D eigenvalue weighted by molar-refractivity contribution is 5.74. The Morgan fingerprint density at radius 2 is 2.15 bits per heavy atom. The van der Waals surface area contributed by atoms with Crippen molar-refractivity contribution in [1.29, 1.82) is 0 Å². The van der Waals surface area contributed by atoms with Crippen molar-refractivity contribution in [3.63, 3.8) is 0 Å². The molecule has 1 fully saturated rings. The summed E-state index contributed by atoms with van der Waals surface area (Å²) in [4.78, 5) is 10.5. The first kappa shape index (κ1) is 8.41. The number of carbonyl (C=O) groups is 1. The van der Waals surface area contributed by atoms with Crippen molar-refractivity contribution in [2.24, 2.45) is 0 Å². The Bertz CT molecular complexity index is 316. The van der Waals surface area contributed by atoms with Crippen molar-refractivity contribution in [1.82, 2.24) is 0 Å². The first-order valence-corrected chi connectivity index (χ1v) is 4.15. The second-order valence-corrected chi connectivity index (χ2v) is 2.96. The lowest BCUT2D eigenvalue weighted by Crippen LogP contribution is -2.31. The summed E-state index contributed by atoms with van der Waals surface area (Å²) in [5, 5.41) is 0. The maximum absolute atomic E-state index is 10.5. The largest absolute Gasteiger partial charge is 0.320 e. The predicted octanol–water partition coefficient (Wildman–Crippen LogP) is 1.89. The Morgan fingerprint density at radius 3 is 2.77 bits per heavy atom. The highest BCUT2D eigenvalue weighted by Gasteiger charge is 2.28. The lowest BCUT2D eigenvalue weighted by atomic mass is 10.1. The molecule has 0 radical (unpaired) electrons. The lowest BCUT2D eigenvalue weighted by molar-refractivity contribution is -0.382. The van der Waals surface area contributed by atoms with E-state index in [1.807, 2.05) is 19.1 Å². The van der Waals surface area contributed by atoms with E-state index < -0.39 is 0 Å². The second-order valence-electron chi connectivity index (χ2n) is 2.96. The minimum Gasteiger partial charge on any atom is -0.320 e. The number of aldehydes is 1. The van der Waals surface area contributed by atoms with Gasteiger partial charge in [0.1, 0.15) is 6.29 Å². The molecule has 0 aliphatic carbocycles. The SMILES string of the molecule is CC1OC(c2cccc(C=O)c2)O1. The van der Waals surface area contributed by atoms with Gasteiger partial charge in [0.2, 0.25) is 0 Å². The molecule has 1 aromatic rings. The Kier molecular flexibility index (Phi) is 2.12. The summed E-state index contributed by atoms with van der Waals surface area (Å²) in [6.45, 7) is 1.83. The smallest absolute Gasteiger partial charge is 0.189 e. The molecule has 0 N–H and O–H groups in total. The molecule has 0 unspecified atom stereocenters. The molecule has 1 aliphatic rings. The number of ether oxygens (including phenoxy) is 2. The number of rotatable bonds is 2. The number of benzene rings is 1. The fourth-order valence-corrected chi connectivity index (χ4v) is 1.29. The van der Waals surface area contributed by atoms with Crippen LogP contribution in [0.4, 0.5) is 0 Å². The number of hydrogen-bond acceptors (Lipinski definition) is 3. The van der Waals surface area contributed by atoms with E-state index in [-0.39, 0.29) is 12.6 Å². The molecule has 1 saturated heterocycles. The van der Waals surface area contributed by atoms with Crippen LogP contribution >= 0.6 is 0 Å². The zero-order valence-electron chi connectivity index (χ0n) is 7.27. The topological polar surface area (TPSA) is 35.5 Å². The summed E-state index contributed by atoms with van der Waals surface area (Å²) in [6.07, 6.45) is 0.380. The fraction of sp³-hybridized carbons (Fsp3) is 0.300. The van der Waals surface area contributed by atoms with Gasteiger partial charge in [-0.15, -0.1) is 0 Å². The van der Waals surface area contributed by atoms with Crippen molar-refractivity contribution in [3.05, 3.63) is 35.4 Å². The van der Waals surface area contributed by atoms with E-state index in [4.69, 9.17) is 9.47 Å². The summed E-state index contributed by atoms with van der Waals surface area (Å²) < 4.78 is 10.6. The zero-order chi connectivity index (χ0) is 9.26. The van der Waals surface area contributed by atoms with Crippen LogP contribution in [0.2, 0.25) is 0 Å². The maximum atomic E-state index is 10.5. The average molecular weight is 178 g/mol. The van der Waals surface area contributed by atoms with Crippen LogP contribution in [0, 0.1) is 0 Å². The lowest BCUT2D eigenvalue weighted by Gasteiger charge is -2.33. The summed E-state index contributed by atoms with van der Waals surface area (Å²) in [7, 11) is 0. The highest BCUT2D eigenvalue weighted by atomic mass is 16.9. The van der Waals surface area contributed by atoms with Crippen molar-refractivity contribution >= 4 is 6.29 Å². The number of carbonyl (C=O) groups excluding carboxylic acids is 1. The third-order valence-corrected chi connectivity index (χ3v) is 1.95. The van der Waals surface area contributed by atoms with Crippen molar-refractivity contribution in [2.45, 2.75) is 19.5 Å². The summed E-state index contributed by atoms with van der Waals surface area (Å²) >= 11 is 0. The molecule has 0 saturated carbocycles. The normalized spacial score (nSPS) is 26.5. The maximum Gasteiger partial charge on any atom is 0.189 e. The first-order valence-electron chi connectivity index (χ1n) is 4.15. The Morgan fingerprint density at radius 1 is 1.38 bits per heavy atom. The molecule has 0 spiro atoms. The minimum atomic E-state index is -0.296. The van der Waals surface area contributed by atoms with Crippen LogP contribution in [0.3, 0.4) is 0 Å². The minimum absolute atomic E-state index is 0.134. The van der Waals surface area contributed by atoms with Crippen LogP contribution in [0.15, 0.2) is 24.3 Å². The van der Waals surface area contributed by atoms with Crippen molar-refractivity contribution < 1.29 is 14.3 Å². The third kappa shape index (κ3) is 1.61. The predicted molar refractivity (Wildman–Crippen MR) is 46.2 cm³/mol. The van der Waals surface area contributed by atoms with Gasteiger partial charge < -0.3 is 9.47 Å². The number of hydrogen-bond donors (Lipinski definition) is 0. The highest BCUT2D eigenvalue weighted by Crippen LogP contribution is 2.31. The molecule has 1 aromatic carbocycles. The van der Waals surface area contributed by atoms with Crippen LogP contribution in [0.5, 0.6) is 0 Å². The van der Waals surface area contributed by atoms with Gasteiger partial charge in [-0.05, 0) is 13.0 Å². The van der Waals surface area contributed by atoms with Crippen LogP contribution in [0.1, 0.15) is 29.1 Å². The molecule has 3 nitrogen and oxygen atoms in total. The van der Waals surface area contributed by atoms with Crippen molar-refractivity contribution in [2.75, 3.05) is 0 Å². The van der Waals surface area contributed by atoms with Gasteiger partial charge in [0, 0.05) is 11.1 Å². The van der Waals surface area contributed by atoms with Gasteiger partial charge in [-0.1, -0.05) is 18.2 Å². The molecular weight excluding hydrogens is 168 g/mol. The Hall–Kier alpha value is -1.19. The Labute approximate surface area is 76.3 Å². The second kappa shape index (κ2) is 3.28. The fourth-order valence-electron chi connectivity index (χ4n) is 1.29. The van der Waals surface area contributed by atoms with E-state index in [9.17, 15) is 4.79 Å². The van der Waals surface area contributed by atoms with Crippen LogP contribution < -0.4 is 0 Å². The molecule has 2 rings (SSSR count). The molecule has 68 valence electrons. The van der Waals surface area contributed by atoms with E-state index in [2.05, 4.69) is 0 Å². The van der Waals surface area contributed by atoms with E-state index in [0.29, 0.717) is 5.56 Å². The molecule has 1 aliphatic heterocycles. The third-order valence-electron chi connectivity index (χ3n) is 1.95. The monoisotopic (exact) mass is 178 g/mol. The molecular formula is C10H10O3. The van der Waals surface area contributed by atoms with Gasteiger partial charge in [0.15, 0.2) is 12.6 Å². The molecule has 0 bridgehead atoms. The van der Waals surface area contributed by atoms with E-state index in [1.54, 1.807) is 12.1 Å². The van der Waals surface area contributed by atoms with Gasteiger partial charge in [0.25, 0.3) is 0 Å². The van der Waals surface area contributed by atoms with Crippen LogP contribution in [-0.4, -0.2) is 12.6 Å². The summed E-state index contributed by atoms with van der Waals surface area (Å²) in [5.41, 5.74) is 1.53. The van der Waals surface area contributed by atoms with Gasteiger partial charge in [-0.3, -0.25) is 4.79 Å². The van der Waals surface area contributed by atoms with Gasteiger partial charge >= 0.3 is 0 Å². The summed E-state index contributed by atoms with van der Waals surface area (Å²) in [6, 6.07) is 7.21. The van der Waals surface area contributed by atoms with Crippen molar-refractivity contribution in [3.8, 4) is 0 Å². The molecule has 0 amide bonds. The standard InChI is InChI=1S/C10H10O3/c1-7-12-10(13-7)9-4-2-3-8(5-9)6-11/h2-7,10H,1H3. The Balaban J connectivity index is 2.16. The quantitative estimate of drug-likeness (QED) is 0.649. The average Bonchev–Trinajstić information content (AvgIpc) is 2.13. The van der Waals surface area contributed by atoms with Crippen LogP contribution in [0.25, 0.3) is 0 Å². The van der Waals surface area contributed by atoms with E-state index in [0.717, 1.165) is 11.8 Å². The first-order chi connectivity index (χ1) is 6.29. The van der Waals surface area contributed by atoms with Gasteiger partial charge in [0.05, 0.1) is 0 Å². The molecule has 1 heterocycles. The van der Waals surface area contributed by atoms with Gasteiger partial charge in [-0.2, -0.15) is 0 Å².